The number of nitrogens with zero attached hydrogens (tertiary/aromatic N) is 2. The van der Waals surface area contributed by atoms with E-state index < -0.39 is 0 Å². The normalized spacial score (nSPS) is 18.3. The Bertz CT molecular complexity index is 741. The van der Waals surface area contributed by atoms with Crippen molar-refractivity contribution in [3.05, 3.63) is 35.5 Å². The number of hydrogen-bond donors (Lipinski definition) is 1. The highest BCUT2D eigenvalue weighted by atomic mass is 35.5. The number of aromatic nitrogens is 1. The Morgan fingerprint density at radius 1 is 1.30 bits per heavy atom. The number of amides is 2. The standard InChI is InChI=1S/C17H20ClN3O2/c18-14-3-4-15-12(10-14)5-8-20(15)9-6-16(22)21-7-1-2-13(11-21)17(19)23/h3-5,8,10,13H,1-2,6-7,9,11H2,(H2,19,23). The Kier molecular flexibility index (Phi) is 4.57. The number of carbonyl (C=O) groups is 2. The molecule has 2 amide bonds. The number of primary amides is 1. The zero-order chi connectivity index (χ0) is 16.4. The molecule has 2 heterocycles. The zero-order valence-corrected chi connectivity index (χ0v) is 13.6. The minimum absolute atomic E-state index is 0.0757. The Hall–Kier alpha value is -2.01. The fourth-order valence-corrected chi connectivity index (χ4v) is 3.36. The molecule has 1 unspecified atom stereocenters. The van der Waals surface area contributed by atoms with Crippen molar-refractivity contribution in [1.82, 2.24) is 9.47 Å². The molecule has 1 aliphatic heterocycles. The van der Waals surface area contributed by atoms with Crippen molar-refractivity contribution in [2.24, 2.45) is 11.7 Å². The molecule has 1 fully saturated rings. The Balaban J connectivity index is 1.63. The predicted molar refractivity (Wildman–Crippen MR) is 90.1 cm³/mol. The summed E-state index contributed by atoms with van der Waals surface area (Å²) in [5.41, 5.74) is 6.43. The van der Waals surface area contributed by atoms with Gasteiger partial charge in [0, 0.05) is 48.2 Å². The molecule has 0 saturated carbocycles. The number of carbonyl (C=O) groups excluding carboxylic acids is 2. The number of nitrogens with two attached hydrogens (primary N) is 1. The Morgan fingerprint density at radius 2 is 2.13 bits per heavy atom. The van der Waals surface area contributed by atoms with Crippen LogP contribution in [0.1, 0.15) is 19.3 Å². The number of benzene rings is 1. The number of fused-ring (bicyclic) bond motifs is 1. The highest BCUT2D eigenvalue weighted by Gasteiger charge is 2.26. The van der Waals surface area contributed by atoms with Gasteiger partial charge in [0.2, 0.25) is 11.8 Å². The third kappa shape index (κ3) is 3.50. The highest BCUT2D eigenvalue weighted by molar-refractivity contribution is 6.31. The van der Waals surface area contributed by atoms with Crippen molar-refractivity contribution in [1.29, 1.82) is 0 Å². The van der Waals surface area contributed by atoms with E-state index in [9.17, 15) is 9.59 Å². The summed E-state index contributed by atoms with van der Waals surface area (Å²) in [6.07, 6.45) is 4.00. The van der Waals surface area contributed by atoms with Crippen LogP contribution in [0.2, 0.25) is 5.02 Å². The molecular formula is C17H20ClN3O2. The molecule has 122 valence electrons. The quantitative estimate of drug-likeness (QED) is 0.933. The topological polar surface area (TPSA) is 68.3 Å². The molecule has 1 atom stereocenters. The molecule has 5 nitrogen and oxygen atoms in total. The first kappa shape index (κ1) is 15.9. The summed E-state index contributed by atoms with van der Waals surface area (Å²) in [4.78, 5) is 25.5. The van der Waals surface area contributed by atoms with Gasteiger partial charge in [-0.15, -0.1) is 0 Å². The average Bonchev–Trinajstić information content (AvgIpc) is 2.94. The summed E-state index contributed by atoms with van der Waals surface area (Å²) >= 11 is 5.99. The molecule has 2 aromatic rings. The highest BCUT2D eigenvalue weighted by Crippen LogP contribution is 2.21. The van der Waals surface area contributed by atoms with Crippen LogP contribution in [0.5, 0.6) is 0 Å². The molecule has 1 saturated heterocycles. The van der Waals surface area contributed by atoms with Crippen molar-refractivity contribution >= 4 is 34.3 Å². The Morgan fingerprint density at radius 3 is 2.91 bits per heavy atom. The molecule has 0 radical (unpaired) electrons. The first-order chi connectivity index (χ1) is 11.0. The molecule has 0 aliphatic carbocycles. The van der Waals surface area contributed by atoms with Crippen LogP contribution in [0.3, 0.4) is 0 Å². The summed E-state index contributed by atoms with van der Waals surface area (Å²) in [7, 11) is 0. The van der Waals surface area contributed by atoms with E-state index >= 15 is 0 Å². The number of piperidine rings is 1. The van der Waals surface area contributed by atoms with Gasteiger partial charge in [-0.2, -0.15) is 0 Å². The van der Waals surface area contributed by atoms with Gasteiger partial charge in [-0.3, -0.25) is 9.59 Å². The monoisotopic (exact) mass is 333 g/mol. The molecule has 0 bridgehead atoms. The minimum atomic E-state index is -0.309. The smallest absolute Gasteiger partial charge is 0.224 e. The molecule has 1 aromatic heterocycles. The van der Waals surface area contributed by atoms with E-state index in [1.807, 2.05) is 30.5 Å². The van der Waals surface area contributed by atoms with Crippen LogP contribution in [-0.2, 0) is 16.1 Å². The fourth-order valence-electron chi connectivity index (χ4n) is 3.18. The summed E-state index contributed by atoms with van der Waals surface area (Å²) in [6, 6.07) is 7.73. The predicted octanol–water partition coefficient (Wildman–Crippen LogP) is 2.41. The molecule has 6 heteroatoms. The van der Waals surface area contributed by atoms with Crippen LogP contribution in [0.4, 0.5) is 0 Å². The lowest BCUT2D eigenvalue weighted by Crippen LogP contribution is -2.44. The molecular weight excluding hydrogens is 314 g/mol. The van der Waals surface area contributed by atoms with Crippen LogP contribution in [-0.4, -0.2) is 34.4 Å². The first-order valence-electron chi connectivity index (χ1n) is 7.86. The molecule has 1 aromatic carbocycles. The van der Waals surface area contributed by atoms with Crippen molar-refractivity contribution in [3.8, 4) is 0 Å². The van der Waals surface area contributed by atoms with Gasteiger partial charge in [-0.25, -0.2) is 0 Å². The van der Waals surface area contributed by atoms with Gasteiger partial charge in [-0.1, -0.05) is 11.6 Å². The SMILES string of the molecule is NC(=O)C1CCCN(C(=O)CCn2ccc3cc(Cl)ccc32)C1. The van der Waals surface area contributed by atoms with Crippen molar-refractivity contribution in [2.75, 3.05) is 13.1 Å². The summed E-state index contributed by atoms with van der Waals surface area (Å²) < 4.78 is 2.05. The van der Waals surface area contributed by atoms with Gasteiger partial charge in [0.15, 0.2) is 0 Å². The van der Waals surface area contributed by atoms with Crippen molar-refractivity contribution in [3.63, 3.8) is 0 Å². The lowest BCUT2D eigenvalue weighted by Gasteiger charge is -2.31. The maximum atomic E-state index is 12.4. The number of hydrogen-bond acceptors (Lipinski definition) is 2. The van der Waals surface area contributed by atoms with Crippen LogP contribution in [0.25, 0.3) is 10.9 Å². The van der Waals surface area contributed by atoms with Gasteiger partial charge >= 0.3 is 0 Å². The zero-order valence-electron chi connectivity index (χ0n) is 12.9. The van der Waals surface area contributed by atoms with Crippen molar-refractivity contribution in [2.45, 2.75) is 25.8 Å². The van der Waals surface area contributed by atoms with E-state index in [1.54, 1.807) is 4.90 Å². The third-order valence-corrected chi connectivity index (χ3v) is 4.71. The van der Waals surface area contributed by atoms with Crippen LogP contribution in [0, 0.1) is 5.92 Å². The van der Waals surface area contributed by atoms with Gasteiger partial charge in [0.1, 0.15) is 0 Å². The first-order valence-corrected chi connectivity index (χ1v) is 8.24. The number of aryl methyl sites for hydroxylation is 1. The van der Waals surface area contributed by atoms with E-state index in [0.29, 0.717) is 31.1 Å². The van der Waals surface area contributed by atoms with E-state index in [2.05, 4.69) is 4.57 Å². The fraction of sp³-hybridized carbons (Fsp3) is 0.412. The third-order valence-electron chi connectivity index (χ3n) is 4.48. The molecule has 2 N–H and O–H groups in total. The van der Waals surface area contributed by atoms with Crippen LogP contribution in [0.15, 0.2) is 30.5 Å². The summed E-state index contributed by atoms with van der Waals surface area (Å²) in [6.45, 7) is 1.78. The van der Waals surface area contributed by atoms with Crippen LogP contribution >= 0.6 is 11.6 Å². The van der Waals surface area contributed by atoms with Gasteiger partial charge in [0.25, 0.3) is 0 Å². The average molecular weight is 334 g/mol. The number of rotatable bonds is 4. The van der Waals surface area contributed by atoms with E-state index in [-0.39, 0.29) is 17.7 Å². The van der Waals surface area contributed by atoms with E-state index in [1.165, 1.54) is 0 Å². The lowest BCUT2D eigenvalue weighted by molar-refractivity contribution is -0.135. The van der Waals surface area contributed by atoms with Crippen LogP contribution < -0.4 is 5.73 Å². The maximum absolute atomic E-state index is 12.4. The van der Waals surface area contributed by atoms with E-state index in [4.69, 9.17) is 17.3 Å². The second-order valence-corrected chi connectivity index (χ2v) is 6.48. The summed E-state index contributed by atoms with van der Waals surface area (Å²) in [5, 5.41) is 1.77. The second kappa shape index (κ2) is 6.62. The molecule has 1 aliphatic rings. The largest absolute Gasteiger partial charge is 0.369 e. The number of halogens is 1. The Labute approximate surface area is 140 Å². The van der Waals surface area contributed by atoms with Crippen molar-refractivity contribution < 1.29 is 9.59 Å². The second-order valence-electron chi connectivity index (χ2n) is 6.04. The van der Waals surface area contributed by atoms with E-state index in [0.717, 1.165) is 23.7 Å². The molecule has 3 rings (SSSR count). The summed E-state index contributed by atoms with van der Waals surface area (Å²) in [5.74, 6) is -0.440. The lowest BCUT2D eigenvalue weighted by atomic mass is 9.97. The molecule has 0 spiro atoms. The van der Waals surface area contributed by atoms with Gasteiger partial charge < -0.3 is 15.2 Å². The minimum Gasteiger partial charge on any atom is -0.369 e. The molecule has 23 heavy (non-hydrogen) atoms. The van der Waals surface area contributed by atoms with Gasteiger partial charge in [-0.05, 0) is 37.1 Å². The number of likely N-dealkylation sites (tertiary alicyclic amines) is 1. The van der Waals surface area contributed by atoms with Gasteiger partial charge in [0.05, 0.1) is 5.92 Å². The maximum Gasteiger partial charge on any atom is 0.224 e.